The summed E-state index contributed by atoms with van der Waals surface area (Å²) in [7, 11) is 0. The standard InChI is InChI=1S/C38H34N3O.C19H26GeN.Ir/c1-23(2)29-20-26(25-12-8-7-9-13-25)21-30(38(4,5)6)35(29)41-32-22-39-19-18-31(32)40-37(41)28-17-16-24(3)34-27-14-10-11-15-33(27)42-36(28)34;1-14(2)11-17-12-19(16-9-7-15(3)8-10-16)21-13-18(17)20(4,5)6;/h7-16,18-23H,1-6H3;7-9,12-14H,11H2,1-6H3;/q2*-1;/i3D3;3D3,11D2;. The number of imidazole rings is 1. The van der Waals surface area contributed by atoms with Crippen LogP contribution in [0.2, 0.25) is 17.3 Å². The van der Waals surface area contributed by atoms with Crippen molar-refractivity contribution in [3.63, 3.8) is 0 Å². The molecule has 0 atom stereocenters. The Kier molecular flexibility index (Phi) is 10.9. The van der Waals surface area contributed by atoms with Crippen LogP contribution in [0.5, 0.6) is 0 Å². The molecule has 4 heterocycles. The number of nitrogens with zero attached hydrogens (tertiary/aromatic N) is 4. The molecule has 5 nitrogen and oxygen atoms in total. The Bertz CT molecular complexity index is 3400. The number of para-hydroxylation sites is 1. The Labute approximate surface area is 407 Å². The molecule has 9 aromatic rings. The molecule has 9 rings (SSSR count). The molecule has 0 amide bonds. The molecule has 0 saturated carbocycles. The van der Waals surface area contributed by atoms with Crippen molar-refractivity contribution in [2.24, 2.45) is 5.92 Å². The molecule has 0 fully saturated rings. The maximum absolute atomic E-state index is 8.60. The fourth-order valence-electron chi connectivity index (χ4n) is 8.19. The van der Waals surface area contributed by atoms with Gasteiger partial charge in [0.1, 0.15) is 5.58 Å². The molecule has 0 aliphatic rings. The van der Waals surface area contributed by atoms with Crippen LogP contribution in [0.15, 0.2) is 126 Å². The van der Waals surface area contributed by atoms with Crippen LogP contribution < -0.4 is 4.40 Å². The van der Waals surface area contributed by atoms with E-state index in [4.69, 9.17) is 20.4 Å². The summed E-state index contributed by atoms with van der Waals surface area (Å²) in [6.45, 7) is 10.4. The second-order valence-corrected chi connectivity index (χ2v) is 29.5. The minimum atomic E-state index is -2.35. The van der Waals surface area contributed by atoms with Crippen molar-refractivity contribution in [3.8, 4) is 39.5 Å². The van der Waals surface area contributed by atoms with Crippen LogP contribution in [-0.2, 0) is 31.9 Å². The molecule has 0 spiro atoms. The number of furan rings is 1. The SMILES string of the molecule is [2H]C([2H])([2H])c1c[c-]c(-c2cc(C([2H])([2H])C(C)C)[c]([Ge]([CH3])([CH3])[CH3])cn2)cc1.[2H]C([2H])([2H])c1c[c-]c(-c2nc3ccncc3n2-c2c(C(C)C)cc(-c3ccccc3)cc2C(C)(C)C)c2oc3ccccc3c12.[Ir]. The molecular weight excluding hydrogens is 1020 g/mol. The van der Waals surface area contributed by atoms with Gasteiger partial charge < -0.3 is 8.98 Å². The molecule has 1 radical (unpaired) electrons. The zero-order valence-corrected chi connectivity index (χ0v) is 42.7. The van der Waals surface area contributed by atoms with Crippen molar-refractivity contribution in [2.75, 3.05) is 0 Å². The summed E-state index contributed by atoms with van der Waals surface area (Å²) in [6, 6.07) is 39.0. The third-order valence-corrected chi connectivity index (χ3v) is 15.5. The molecule has 0 unspecified atom stereocenters. The van der Waals surface area contributed by atoms with Gasteiger partial charge in [0.2, 0.25) is 0 Å². The normalized spacial score (nSPS) is 14.4. The predicted molar refractivity (Wildman–Crippen MR) is 268 cm³/mol. The molecule has 64 heavy (non-hydrogen) atoms. The second-order valence-electron chi connectivity index (χ2n) is 18.9. The summed E-state index contributed by atoms with van der Waals surface area (Å²) in [5, 5.41) is 1.32. The average molecular weight is 1090 g/mol. The number of benzene rings is 5. The van der Waals surface area contributed by atoms with Gasteiger partial charge in [-0.25, -0.2) is 0 Å². The molecule has 0 aliphatic carbocycles. The summed E-state index contributed by atoms with van der Waals surface area (Å²) >= 11 is -2.32. The number of hydrogen-bond donors (Lipinski definition) is 0. The van der Waals surface area contributed by atoms with Gasteiger partial charge in [0.25, 0.3) is 0 Å². The Morgan fingerprint density at radius 2 is 1.61 bits per heavy atom. The fraction of sp³-hybridized carbons (Fsp3) is 0.281. The number of hydrogen-bond acceptors (Lipinski definition) is 4. The van der Waals surface area contributed by atoms with Gasteiger partial charge in [0, 0.05) is 41.5 Å². The van der Waals surface area contributed by atoms with Gasteiger partial charge in [-0.1, -0.05) is 101 Å². The molecule has 0 N–H and O–H groups in total. The Morgan fingerprint density at radius 3 is 2.28 bits per heavy atom. The summed E-state index contributed by atoms with van der Waals surface area (Å²) in [5.74, 6) is 7.33. The number of aromatic nitrogens is 4. The van der Waals surface area contributed by atoms with E-state index in [-0.39, 0.29) is 48.5 Å². The molecular formula is C57H60GeIrN4O-2. The molecule has 7 heteroatoms. The molecule has 329 valence electrons. The quantitative estimate of drug-likeness (QED) is 0.112. The van der Waals surface area contributed by atoms with Crippen molar-refractivity contribution in [2.45, 2.75) is 97.1 Å². The van der Waals surface area contributed by atoms with E-state index >= 15 is 0 Å². The first-order valence-corrected chi connectivity index (χ1v) is 29.0. The maximum atomic E-state index is 8.60. The van der Waals surface area contributed by atoms with E-state index in [0.29, 0.717) is 44.8 Å². The number of aryl methyl sites for hydroxylation is 2. The van der Waals surface area contributed by atoms with Crippen molar-refractivity contribution >= 4 is 50.6 Å². The van der Waals surface area contributed by atoms with Gasteiger partial charge in [-0.05, 0) is 57.9 Å². The minimum Gasteiger partial charge on any atom is -0.501 e. The van der Waals surface area contributed by atoms with Crippen molar-refractivity contribution in [3.05, 3.63) is 162 Å². The Hall–Kier alpha value is -5.14. The smallest absolute Gasteiger partial charge is 0.120 e. The first-order valence-electron chi connectivity index (χ1n) is 25.6. The van der Waals surface area contributed by atoms with Crippen LogP contribution in [0.25, 0.3) is 72.4 Å². The van der Waals surface area contributed by atoms with Gasteiger partial charge >= 0.3 is 139 Å². The minimum absolute atomic E-state index is 0. The van der Waals surface area contributed by atoms with E-state index in [2.05, 4.69) is 115 Å². The summed E-state index contributed by atoms with van der Waals surface area (Å²) in [5.41, 5.74) is 11.2. The fourth-order valence-corrected chi connectivity index (χ4v) is 11.1. The summed E-state index contributed by atoms with van der Waals surface area (Å²) in [4.78, 5) is 14.2. The number of pyridine rings is 2. The largest absolute Gasteiger partial charge is 0.501 e. The first-order chi connectivity index (χ1) is 33.2. The Balaban J connectivity index is 0.000000241. The van der Waals surface area contributed by atoms with Gasteiger partial charge in [0.15, 0.2) is 0 Å². The van der Waals surface area contributed by atoms with E-state index in [9.17, 15) is 0 Å². The topological polar surface area (TPSA) is 56.7 Å². The average Bonchev–Trinajstić information content (AvgIpc) is 3.89. The zero-order chi connectivity index (χ0) is 51.6. The van der Waals surface area contributed by atoms with Crippen LogP contribution >= 0.6 is 0 Å². The van der Waals surface area contributed by atoms with Gasteiger partial charge in [0.05, 0.1) is 28.6 Å². The zero-order valence-electron chi connectivity index (χ0n) is 46.2. The van der Waals surface area contributed by atoms with Gasteiger partial charge in [-0.15, -0.1) is 17.7 Å². The van der Waals surface area contributed by atoms with Gasteiger partial charge in [-0.3, -0.25) is 9.97 Å². The van der Waals surface area contributed by atoms with Crippen molar-refractivity contribution in [1.29, 1.82) is 0 Å². The van der Waals surface area contributed by atoms with E-state index in [1.165, 1.54) is 11.6 Å². The van der Waals surface area contributed by atoms with Crippen LogP contribution in [0.1, 0.15) is 93.2 Å². The van der Waals surface area contributed by atoms with Crippen LogP contribution in [0.4, 0.5) is 0 Å². The molecule has 0 aliphatic heterocycles. The maximum Gasteiger partial charge on any atom is 0.120 e. The number of rotatable bonds is 8. The van der Waals surface area contributed by atoms with Gasteiger partial charge in [-0.2, -0.15) is 0 Å². The third-order valence-electron chi connectivity index (χ3n) is 11.3. The first kappa shape index (κ1) is 37.1. The van der Waals surface area contributed by atoms with Crippen LogP contribution in [0, 0.1) is 31.8 Å². The van der Waals surface area contributed by atoms with Crippen LogP contribution in [-0.4, -0.2) is 32.8 Å². The summed E-state index contributed by atoms with van der Waals surface area (Å²) < 4.78 is 74.2. The number of fused-ring (bicyclic) bond motifs is 4. The van der Waals surface area contributed by atoms with E-state index in [0.717, 1.165) is 43.2 Å². The molecule has 4 aromatic heterocycles. The van der Waals surface area contributed by atoms with Crippen molar-refractivity contribution in [1.82, 2.24) is 19.5 Å². The molecule has 5 aromatic carbocycles. The molecule has 0 bridgehead atoms. The monoisotopic (exact) mass is 1090 g/mol. The third kappa shape index (κ3) is 9.47. The summed E-state index contributed by atoms with van der Waals surface area (Å²) in [6.07, 6.45) is 3.95. The van der Waals surface area contributed by atoms with Crippen LogP contribution in [0.3, 0.4) is 0 Å². The van der Waals surface area contributed by atoms with E-state index < -0.39 is 33.3 Å². The van der Waals surface area contributed by atoms with Crippen molar-refractivity contribution < 1.29 is 35.5 Å². The predicted octanol–water partition coefficient (Wildman–Crippen LogP) is 14.8. The second kappa shape index (κ2) is 18.8. The Morgan fingerprint density at radius 1 is 0.844 bits per heavy atom. The van der Waals surface area contributed by atoms with E-state index in [1.807, 2.05) is 68.7 Å². The molecule has 0 saturated heterocycles. The van der Waals surface area contributed by atoms with E-state index in [1.54, 1.807) is 24.4 Å².